The van der Waals surface area contributed by atoms with Gasteiger partial charge in [-0.2, -0.15) is 0 Å². The van der Waals surface area contributed by atoms with E-state index in [1.165, 1.54) is 32.1 Å². The molecule has 0 aromatic heterocycles. The van der Waals surface area contributed by atoms with Crippen LogP contribution in [-0.4, -0.2) is 25.9 Å². The first-order valence-electron chi connectivity index (χ1n) is 7.75. The zero-order valence-electron chi connectivity index (χ0n) is 12.5. The molecule has 0 bridgehead atoms. The Balaban J connectivity index is 1.86. The highest BCUT2D eigenvalue weighted by Gasteiger charge is 2.14. The van der Waals surface area contributed by atoms with Crippen LogP contribution in [0.5, 0.6) is 5.75 Å². The Kier molecular flexibility index (Phi) is 6.06. The number of nitrogens with one attached hydrogen (secondary N) is 2. The minimum Gasteiger partial charge on any atom is -0.493 e. The Bertz CT molecular complexity index is 425. The number of benzene rings is 1. The van der Waals surface area contributed by atoms with Gasteiger partial charge < -0.3 is 15.5 Å². The van der Waals surface area contributed by atoms with Crippen molar-refractivity contribution in [2.45, 2.75) is 38.5 Å². The molecule has 2 rings (SSSR count). The fourth-order valence-corrected chi connectivity index (χ4v) is 2.74. The topological polar surface area (TPSA) is 45.1 Å². The summed E-state index contributed by atoms with van der Waals surface area (Å²) < 4.78 is 5.93. The molecular formula is C17H26N2O. The van der Waals surface area contributed by atoms with Gasteiger partial charge in [0, 0.05) is 18.7 Å². The van der Waals surface area contributed by atoms with Crippen molar-refractivity contribution >= 4 is 5.71 Å². The molecule has 1 saturated carbocycles. The van der Waals surface area contributed by atoms with Crippen LogP contribution in [0.25, 0.3) is 0 Å². The third-order valence-corrected chi connectivity index (χ3v) is 4.02. The van der Waals surface area contributed by atoms with E-state index in [9.17, 15) is 0 Å². The van der Waals surface area contributed by atoms with Crippen LogP contribution in [0.3, 0.4) is 0 Å². The Labute approximate surface area is 122 Å². The standard InChI is InChI=1S/C17H26N2O/c1-19-11-10-17(18)15-8-5-9-16(12-15)20-13-14-6-3-2-4-7-14/h5,8-9,12,14,18-19H,2-4,6-7,10-11,13H2,1H3. The summed E-state index contributed by atoms with van der Waals surface area (Å²) >= 11 is 0. The van der Waals surface area contributed by atoms with E-state index >= 15 is 0 Å². The SMILES string of the molecule is CNCCC(=N)c1cccc(OCC2CCCCC2)c1. The molecule has 110 valence electrons. The molecular weight excluding hydrogens is 248 g/mol. The predicted molar refractivity (Wildman–Crippen MR) is 83.9 cm³/mol. The summed E-state index contributed by atoms with van der Waals surface area (Å²) in [5.41, 5.74) is 1.64. The molecule has 2 N–H and O–H groups in total. The van der Waals surface area contributed by atoms with Crippen LogP contribution in [0.15, 0.2) is 24.3 Å². The van der Waals surface area contributed by atoms with Crippen LogP contribution in [0, 0.1) is 11.3 Å². The highest BCUT2D eigenvalue weighted by atomic mass is 16.5. The van der Waals surface area contributed by atoms with E-state index in [0.717, 1.165) is 36.8 Å². The van der Waals surface area contributed by atoms with Crippen molar-refractivity contribution in [2.24, 2.45) is 5.92 Å². The van der Waals surface area contributed by atoms with Crippen molar-refractivity contribution in [1.29, 1.82) is 5.41 Å². The summed E-state index contributed by atoms with van der Waals surface area (Å²) in [5.74, 6) is 1.62. The van der Waals surface area contributed by atoms with Crippen molar-refractivity contribution in [3.05, 3.63) is 29.8 Å². The lowest BCUT2D eigenvalue weighted by Crippen LogP contribution is -2.15. The van der Waals surface area contributed by atoms with Gasteiger partial charge in [0.1, 0.15) is 5.75 Å². The third-order valence-electron chi connectivity index (χ3n) is 4.02. The molecule has 0 amide bonds. The number of rotatable bonds is 7. The lowest BCUT2D eigenvalue weighted by molar-refractivity contribution is 0.209. The zero-order chi connectivity index (χ0) is 14.2. The fourth-order valence-electron chi connectivity index (χ4n) is 2.74. The first kappa shape index (κ1) is 15.0. The van der Waals surface area contributed by atoms with Crippen LogP contribution in [0.4, 0.5) is 0 Å². The van der Waals surface area contributed by atoms with Gasteiger partial charge in [-0.15, -0.1) is 0 Å². The van der Waals surface area contributed by atoms with Gasteiger partial charge in [0.05, 0.1) is 6.61 Å². The predicted octanol–water partition coefficient (Wildman–Crippen LogP) is 3.62. The lowest BCUT2D eigenvalue weighted by atomic mass is 9.90. The first-order chi connectivity index (χ1) is 9.79. The van der Waals surface area contributed by atoms with Gasteiger partial charge >= 0.3 is 0 Å². The maximum Gasteiger partial charge on any atom is 0.119 e. The molecule has 0 saturated heterocycles. The average Bonchev–Trinajstić information content (AvgIpc) is 2.52. The molecule has 0 atom stereocenters. The van der Waals surface area contributed by atoms with Crippen molar-refractivity contribution in [3.63, 3.8) is 0 Å². The fraction of sp³-hybridized carbons (Fsp3) is 0.588. The van der Waals surface area contributed by atoms with Crippen LogP contribution in [0.1, 0.15) is 44.1 Å². The van der Waals surface area contributed by atoms with E-state index in [1.54, 1.807) is 0 Å². The van der Waals surface area contributed by atoms with E-state index in [2.05, 4.69) is 5.32 Å². The second kappa shape index (κ2) is 8.05. The van der Waals surface area contributed by atoms with Crippen LogP contribution < -0.4 is 10.1 Å². The summed E-state index contributed by atoms with van der Waals surface area (Å²) in [6.07, 6.45) is 7.44. The summed E-state index contributed by atoms with van der Waals surface area (Å²) in [6, 6.07) is 7.98. The van der Waals surface area contributed by atoms with Gasteiger partial charge in [-0.05, 0) is 43.5 Å². The third kappa shape index (κ3) is 4.64. The molecule has 3 heteroatoms. The quantitative estimate of drug-likeness (QED) is 0.746. The molecule has 1 fully saturated rings. The normalized spacial score (nSPS) is 16.1. The van der Waals surface area contributed by atoms with Gasteiger partial charge in [-0.1, -0.05) is 31.4 Å². The maximum atomic E-state index is 8.06. The number of ether oxygens (including phenoxy) is 1. The molecule has 1 aromatic rings. The maximum absolute atomic E-state index is 8.06. The summed E-state index contributed by atoms with van der Waals surface area (Å²) in [6.45, 7) is 1.67. The Morgan fingerprint density at radius 3 is 2.85 bits per heavy atom. The minimum atomic E-state index is 0.669. The van der Waals surface area contributed by atoms with E-state index in [1.807, 2.05) is 31.3 Å². The Hall–Kier alpha value is -1.35. The summed E-state index contributed by atoms with van der Waals surface area (Å²) in [7, 11) is 1.91. The number of hydrogen-bond acceptors (Lipinski definition) is 3. The van der Waals surface area contributed by atoms with Gasteiger partial charge in [0.15, 0.2) is 0 Å². The lowest BCUT2D eigenvalue weighted by Gasteiger charge is -2.21. The average molecular weight is 274 g/mol. The smallest absolute Gasteiger partial charge is 0.119 e. The van der Waals surface area contributed by atoms with E-state index in [0.29, 0.717) is 5.71 Å². The van der Waals surface area contributed by atoms with Crippen LogP contribution >= 0.6 is 0 Å². The van der Waals surface area contributed by atoms with E-state index in [-0.39, 0.29) is 0 Å². The largest absolute Gasteiger partial charge is 0.493 e. The van der Waals surface area contributed by atoms with Gasteiger partial charge in [-0.3, -0.25) is 0 Å². The van der Waals surface area contributed by atoms with E-state index < -0.39 is 0 Å². The Morgan fingerprint density at radius 1 is 1.30 bits per heavy atom. The monoisotopic (exact) mass is 274 g/mol. The highest BCUT2D eigenvalue weighted by Crippen LogP contribution is 2.25. The molecule has 0 aliphatic heterocycles. The molecule has 1 aromatic carbocycles. The van der Waals surface area contributed by atoms with Crippen LogP contribution in [0.2, 0.25) is 0 Å². The molecule has 1 aliphatic carbocycles. The summed E-state index contributed by atoms with van der Waals surface area (Å²) in [4.78, 5) is 0. The van der Waals surface area contributed by atoms with Crippen LogP contribution in [-0.2, 0) is 0 Å². The van der Waals surface area contributed by atoms with Crippen molar-refractivity contribution < 1.29 is 4.74 Å². The first-order valence-corrected chi connectivity index (χ1v) is 7.75. The Morgan fingerprint density at radius 2 is 2.10 bits per heavy atom. The second-order valence-electron chi connectivity index (χ2n) is 5.67. The molecule has 0 spiro atoms. The van der Waals surface area contributed by atoms with Gasteiger partial charge in [0.2, 0.25) is 0 Å². The molecule has 0 unspecified atom stereocenters. The molecule has 0 radical (unpaired) electrons. The van der Waals surface area contributed by atoms with Gasteiger partial charge in [0.25, 0.3) is 0 Å². The van der Waals surface area contributed by atoms with E-state index in [4.69, 9.17) is 10.1 Å². The summed E-state index contributed by atoms with van der Waals surface area (Å²) in [5, 5.41) is 11.1. The zero-order valence-corrected chi connectivity index (χ0v) is 12.5. The molecule has 0 heterocycles. The van der Waals surface area contributed by atoms with Crippen molar-refractivity contribution in [2.75, 3.05) is 20.2 Å². The number of hydrogen-bond donors (Lipinski definition) is 2. The molecule has 20 heavy (non-hydrogen) atoms. The van der Waals surface area contributed by atoms with Crippen molar-refractivity contribution in [3.8, 4) is 5.75 Å². The second-order valence-corrected chi connectivity index (χ2v) is 5.67. The molecule has 1 aliphatic rings. The van der Waals surface area contributed by atoms with Crippen molar-refractivity contribution in [1.82, 2.24) is 5.32 Å². The minimum absolute atomic E-state index is 0.669. The molecule has 3 nitrogen and oxygen atoms in total. The van der Waals surface area contributed by atoms with Gasteiger partial charge in [-0.25, -0.2) is 0 Å². The highest BCUT2D eigenvalue weighted by molar-refractivity contribution is 5.98.